The van der Waals surface area contributed by atoms with Crippen molar-refractivity contribution in [2.24, 2.45) is 0 Å². The summed E-state index contributed by atoms with van der Waals surface area (Å²) in [6.07, 6.45) is 4.98. The Morgan fingerprint density at radius 3 is 2.54 bits per heavy atom. The normalized spacial score (nSPS) is 14.4. The summed E-state index contributed by atoms with van der Waals surface area (Å²) in [7, 11) is 3.15. The average Bonchev–Trinajstić information content (AvgIpc) is 2.74. The van der Waals surface area contributed by atoms with Gasteiger partial charge in [-0.15, -0.1) is 0 Å². The van der Waals surface area contributed by atoms with Gasteiger partial charge in [-0.3, -0.25) is 14.6 Å². The van der Waals surface area contributed by atoms with Gasteiger partial charge in [-0.2, -0.15) is 0 Å². The van der Waals surface area contributed by atoms with Crippen LogP contribution in [0.25, 0.3) is 0 Å². The van der Waals surface area contributed by atoms with Gasteiger partial charge in [0.05, 0.1) is 26.2 Å². The summed E-state index contributed by atoms with van der Waals surface area (Å²) in [6, 6.07) is 9.07. The maximum Gasteiger partial charge on any atom is 0.255 e. The highest BCUT2D eigenvalue weighted by atomic mass is 16.5. The Bertz CT molecular complexity index is 818. The number of ether oxygens (including phenoxy) is 2. The highest BCUT2D eigenvalue weighted by Gasteiger charge is 2.24. The number of aromatic nitrogens is 1. The van der Waals surface area contributed by atoms with E-state index < -0.39 is 0 Å². The number of piperidine rings is 1. The third-order valence-corrected chi connectivity index (χ3v) is 4.87. The molecule has 2 heterocycles. The molecular formula is C21H25N3O4. The number of methoxy groups -OCH3 is 2. The Morgan fingerprint density at radius 1 is 1.14 bits per heavy atom. The van der Waals surface area contributed by atoms with Crippen molar-refractivity contribution in [3.63, 3.8) is 0 Å². The second kappa shape index (κ2) is 9.21. The molecule has 0 bridgehead atoms. The predicted octanol–water partition coefficient (Wildman–Crippen LogP) is 2.06. The van der Waals surface area contributed by atoms with Crippen molar-refractivity contribution in [1.82, 2.24) is 15.2 Å². The van der Waals surface area contributed by atoms with Crippen molar-refractivity contribution in [2.45, 2.75) is 25.3 Å². The van der Waals surface area contributed by atoms with Gasteiger partial charge in [0.15, 0.2) is 11.5 Å². The summed E-state index contributed by atoms with van der Waals surface area (Å²) < 4.78 is 10.5. The minimum atomic E-state index is -0.0377. The Labute approximate surface area is 164 Å². The SMILES string of the molecule is COc1ccc(CC(=O)NC2CCN(C(=O)c3cccnc3)CC2)cc1OC. The van der Waals surface area contributed by atoms with E-state index in [1.165, 1.54) is 0 Å². The molecule has 0 spiro atoms. The van der Waals surface area contributed by atoms with Gasteiger partial charge in [-0.1, -0.05) is 6.07 Å². The van der Waals surface area contributed by atoms with Gasteiger partial charge < -0.3 is 19.7 Å². The van der Waals surface area contributed by atoms with E-state index in [4.69, 9.17) is 9.47 Å². The largest absolute Gasteiger partial charge is 0.493 e. The molecule has 1 aromatic heterocycles. The first-order valence-corrected chi connectivity index (χ1v) is 9.30. The summed E-state index contributed by atoms with van der Waals surface area (Å²) in [5, 5.41) is 3.07. The van der Waals surface area contributed by atoms with Crippen molar-refractivity contribution in [1.29, 1.82) is 0 Å². The zero-order chi connectivity index (χ0) is 19.9. The fourth-order valence-electron chi connectivity index (χ4n) is 3.35. The van der Waals surface area contributed by atoms with Crippen LogP contribution in [0.4, 0.5) is 0 Å². The van der Waals surface area contributed by atoms with Crippen LogP contribution in [0.2, 0.25) is 0 Å². The van der Waals surface area contributed by atoms with Gasteiger partial charge in [0.2, 0.25) is 5.91 Å². The van der Waals surface area contributed by atoms with Crippen LogP contribution in [0.5, 0.6) is 11.5 Å². The van der Waals surface area contributed by atoms with Gasteiger partial charge in [-0.05, 0) is 42.7 Å². The molecule has 148 valence electrons. The number of amides is 2. The summed E-state index contributed by atoms with van der Waals surface area (Å²) in [6.45, 7) is 1.24. The molecule has 0 radical (unpaired) electrons. The molecule has 2 amide bonds. The van der Waals surface area contributed by atoms with E-state index in [1.807, 2.05) is 17.0 Å². The molecule has 0 saturated carbocycles. The van der Waals surface area contributed by atoms with Gasteiger partial charge in [-0.25, -0.2) is 0 Å². The van der Waals surface area contributed by atoms with Crippen LogP contribution in [0.15, 0.2) is 42.7 Å². The number of carbonyl (C=O) groups is 2. The quantitative estimate of drug-likeness (QED) is 0.826. The summed E-state index contributed by atoms with van der Waals surface area (Å²) in [5.41, 5.74) is 1.46. The Balaban J connectivity index is 1.49. The topological polar surface area (TPSA) is 80.8 Å². The smallest absolute Gasteiger partial charge is 0.255 e. The molecule has 1 N–H and O–H groups in total. The summed E-state index contributed by atoms with van der Waals surface area (Å²) in [4.78, 5) is 30.7. The lowest BCUT2D eigenvalue weighted by molar-refractivity contribution is -0.121. The first kappa shape index (κ1) is 19.7. The fraction of sp³-hybridized carbons (Fsp3) is 0.381. The number of hydrogen-bond acceptors (Lipinski definition) is 5. The van der Waals surface area contributed by atoms with Crippen LogP contribution in [-0.2, 0) is 11.2 Å². The highest BCUT2D eigenvalue weighted by Crippen LogP contribution is 2.27. The van der Waals surface area contributed by atoms with E-state index in [0.29, 0.717) is 30.2 Å². The molecule has 3 rings (SSSR count). The maximum atomic E-state index is 12.5. The van der Waals surface area contributed by atoms with Crippen molar-refractivity contribution >= 4 is 11.8 Å². The monoisotopic (exact) mass is 383 g/mol. The van der Waals surface area contributed by atoms with Crippen molar-refractivity contribution in [3.05, 3.63) is 53.9 Å². The Kier molecular flexibility index (Phi) is 6.47. The van der Waals surface area contributed by atoms with Gasteiger partial charge in [0.25, 0.3) is 5.91 Å². The zero-order valence-electron chi connectivity index (χ0n) is 16.2. The number of rotatable bonds is 6. The average molecular weight is 383 g/mol. The predicted molar refractivity (Wildman–Crippen MR) is 105 cm³/mol. The molecule has 1 fully saturated rings. The molecule has 1 saturated heterocycles. The Morgan fingerprint density at radius 2 is 1.89 bits per heavy atom. The maximum absolute atomic E-state index is 12.5. The van der Waals surface area contributed by atoms with E-state index in [9.17, 15) is 9.59 Å². The van der Waals surface area contributed by atoms with Crippen LogP contribution >= 0.6 is 0 Å². The number of nitrogens with one attached hydrogen (secondary N) is 1. The van der Waals surface area contributed by atoms with Gasteiger partial charge in [0.1, 0.15) is 0 Å². The van der Waals surface area contributed by atoms with E-state index in [-0.39, 0.29) is 24.3 Å². The second-order valence-electron chi connectivity index (χ2n) is 6.74. The molecule has 0 atom stereocenters. The van der Waals surface area contributed by atoms with Crippen molar-refractivity contribution < 1.29 is 19.1 Å². The molecule has 0 unspecified atom stereocenters. The van der Waals surface area contributed by atoms with E-state index in [1.54, 1.807) is 44.8 Å². The van der Waals surface area contributed by atoms with Crippen LogP contribution < -0.4 is 14.8 Å². The molecule has 28 heavy (non-hydrogen) atoms. The molecule has 1 aliphatic rings. The molecular weight excluding hydrogens is 358 g/mol. The lowest BCUT2D eigenvalue weighted by atomic mass is 10.0. The summed E-state index contributed by atoms with van der Waals surface area (Å²) >= 11 is 0. The van der Waals surface area contributed by atoms with Gasteiger partial charge >= 0.3 is 0 Å². The molecule has 7 nitrogen and oxygen atoms in total. The summed E-state index contributed by atoms with van der Waals surface area (Å²) in [5.74, 6) is 1.19. The van der Waals surface area contributed by atoms with E-state index in [0.717, 1.165) is 18.4 Å². The third-order valence-electron chi connectivity index (χ3n) is 4.87. The molecule has 1 aliphatic heterocycles. The number of carbonyl (C=O) groups excluding carboxylic acids is 2. The number of likely N-dealkylation sites (tertiary alicyclic amines) is 1. The zero-order valence-corrected chi connectivity index (χ0v) is 16.2. The van der Waals surface area contributed by atoms with Crippen LogP contribution in [0.3, 0.4) is 0 Å². The van der Waals surface area contributed by atoms with Crippen LogP contribution in [0, 0.1) is 0 Å². The van der Waals surface area contributed by atoms with Crippen molar-refractivity contribution in [3.8, 4) is 11.5 Å². The highest BCUT2D eigenvalue weighted by molar-refractivity contribution is 5.93. The first-order chi connectivity index (χ1) is 13.6. The van der Waals surface area contributed by atoms with E-state index >= 15 is 0 Å². The van der Waals surface area contributed by atoms with Crippen LogP contribution in [-0.4, -0.2) is 55.0 Å². The molecule has 1 aromatic carbocycles. The lowest BCUT2D eigenvalue weighted by Gasteiger charge is -2.32. The number of benzene rings is 1. The van der Waals surface area contributed by atoms with E-state index in [2.05, 4.69) is 10.3 Å². The van der Waals surface area contributed by atoms with Crippen molar-refractivity contribution in [2.75, 3.05) is 27.3 Å². The minimum absolute atomic E-state index is 0.0109. The third kappa shape index (κ3) is 4.79. The molecule has 7 heteroatoms. The first-order valence-electron chi connectivity index (χ1n) is 9.30. The second-order valence-corrected chi connectivity index (χ2v) is 6.74. The lowest BCUT2D eigenvalue weighted by Crippen LogP contribution is -2.46. The van der Waals surface area contributed by atoms with Crippen LogP contribution in [0.1, 0.15) is 28.8 Å². The number of hydrogen-bond donors (Lipinski definition) is 1. The standard InChI is InChI=1S/C21H25N3O4/c1-27-18-6-5-15(12-19(18)28-2)13-20(25)23-17-7-10-24(11-8-17)21(26)16-4-3-9-22-14-16/h3-6,9,12,14,17H,7-8,10-11,13H2,1-2H3,(H,23,25). The molecule has 0 aliphatic carbocycles. The molecule has 2 aromatic rings. The minimum Gasteiger partial charge on any atom is -0.493 e. The Hall–Kier alpha value is -3.09. The van der Waals surface area contributed by atoms with Gasteiger partial charge in [0, 0.05) is 31.5 Å². The number of nitrogens with zero attached hydrogens (tertiary/aromatic N) is 2. The number of pyridine rings is 1. The fourth-order valence-corrected chi connectivity index (χ4v) is 3.35.